The molecular formula is C22H20N2O3S. The first-order chi connectivity index (χ1) is 13.7. The molecule has 2 aromatic carbocycles. The lowest BCUT2D eigenvalue weighted by atomic mass is 10.2. The maximum Gasteiger partial charge on any atom is 0.264 e. The molecule has 1 saturated heterocycles. The van der Waals surface area contributed by atoms with Crippen LogP contribution in [0.3, 0.4) is 0 Å². The Morgan fingerprint density at radius 1 is 0.964 bits per heavy atom. The zero-order valence-electron chi connectivity index (χ0n) is 15.2. The van der Waals surface area contributed by atoms with E-state index in [0.717, 1.165) is 12.2 Å². The minimum Gasteiger partial charge on any atom is -0.457 e. The third-order valence-electron chi connectivity index (χ3n) is 4.65. The second-order valence-corrected chi connectivity index (χ2v) is 7.51. The number of nitrogens with zero attached hydrogens (tertiary/aromatic N) is 1. The van der Waals surface area contributed by atoms with Gasteiger partial charge in [0, 0.05) is 12.2 Å². The molecule has 28 heavy (non-hydrogen) atoms. The quantitative estimate of drug-likeness (QED) is 0.680. The number of para-hydroxylation sites is 1. The zero-order valence-corrected chi connectivity index (χ0v) is 16.0. The average molecular weight is 392 g/mol. The van der Waals surface area contributed by atoms with Crippen molar-refractivity contribution in [3.05, 3.63) is 77.0 Å². The predicted octanol–water partition coefficient (Wildman–Crippen LogP) is 4.78. The van der Waals surface area contributed by atoms with Crippen LogP contribution < -0.4 is 10.1 Å². The van der Waals surface area contributed by atoms with Crippen LogP contribution in [0.5, 0.6) is 11.5 Å². The molecule has 0 aliphatic carbocycles. The van der Waals surface area contributed by atoms with Gasteiger partial charge in [-0.2, -0.15) is 0 Å². The van der Waals surface area contributed by atoms with E-state index in [-0.39, 0.29) is 11.8 Å². The molecule has 1 atom stereocenters. The molecule has 0 radical (unpaired) electrons. The van der Waals surface area contributed by atoms with Crippen LogP contribution in [0.2, 0.25) is 0 Å². The second kappa shape index (κ2) is 8.27. The van der Waals surface area contributed by atoms with Crippen LogP contribution in [0.25, 0.3) is 0 Å². The summed E-state index contributed by atoms with van der Waals surface area (Å²) in [6.45, 7) is 0.610. The zero-order chi connectivity index (χ0) is 19.3. The Morgan fingerprint density at radius 2 is 1.71 bits per heavy atom. The fourth-order valence-electron chi connectivity index (χ4n) is 3.28. The summed E-state index contributed by atoms with van der Waals surface area (Å²) >= 11 is 1.40. The number of nitrogens with one attached hydrogen (secondary N) is 1. The smallest absolute Gasteiger partial charge is 0.264 e. The SMILES string of the molecule is O=C(Nc1ccc(Oc2ccccc2)cc1)[C@H]1CCCN1C(=O)c1cccs1. The third kappa shape index (κ3) is 4.07. The van der Waals surface area contributed by atoms with Crippen molar-refractivity contribution in [1.29, 1.82) is 0 Å². The van der Waals surface area contributed by atoms with Crippen molar-refractivity contribution in [1.82, 2.24) is 4.90 Å². The molecule has 3 aromatic rings. The van der Waals surface area contributed by atoms with Gasteiger partial charge in [-0.15, -0.1) is 11.3 Å². The predicted molar refractivity (Wildman–Crippen MR) is 110 cm³/mol. The molecular weight excluding hydrogens is 372 g/mol. The molecule has 5 nitrogen and oxygen atoms in total. The van der Waals surface area contributed by atoms with Crippen LogP contribution in [0, 0.1) is 0 Å². The lowest BCUT2D eigenvalue weighted by Gasteiger charge is -2.23. The summed E-state index contributed by atoms with van der Waals surface area (Å²) in [5, 5.41) is 4.79. The molecule has 1 fully saturated rings. The molecule has 2 amide bonds. The van der Waals surface area contributed by atoms with Crippen molar-refractivity contribution in [2.45, 2.75) is 18.9 Å². The van der Waals surface area contributed by atoms with E-state index in [4.69, 9.17) is 4.74 Å². The number of carbonyl (C=O) groups is 2. The summed E-state index contributed by atoms with van der Waals surface area (Å²) in [7, 11) is 0. The fourth-order valence-corrected chi connectivity index (χ4v) is 3.96. The Hall–Kier alpha value is -3.12. The van der Waals surface area contributed by atoms with Gasteiger partial charge >= 0.3 is 0 Å². The van der Waals surface area contributed by atoms with Crippen LogP contribution in [-0.4, -0.2) is 29.3 Å². The lowest BCUT2D eigenvalue weighted by molar-refractivity contribution is -0.119. The maximum atomic E-state index is 12.7. The van der Waals surface area contributed by atoms with E-state index in [2.05, 4.69) is 5.32 Å². The summed E-state index contributed by atoms with van der Waals surface area (Å²) in [6.07, 6.45) is 1.51. The number of rotatable bonds is 5. The van der Waals surface area contributed by atoms with Crippen molar-refractivity contribution < 1.29 is 14.3 Å². The van der Waals surface area contributed by atoms with E-state index in [9.17, 15) is 9.59 Å². The minimum atomic E-state index is -0.435. The van der Waals surface area contributed by atoms with Gasteiger partial charge in [0.15, 0.2) is 0 Å². The number of carbonyl (C=O) groups excluding carboxylic acids is 2. The van der Waals surface area contributed by atoms with Crippen molar-refractivity contribution in [3.8, 4) is 11.5 Å². The first kappa shape index (κ1) is 18.3. The molecule has 1 N–H and O–H groups in total. The summed E-state index contributed by atoms with van der Waals surface area (Å²) in [5.74, 6) is 1.23. The van der Waals surface area contributed by atoms with Gasteiger partial charge in [0.1, 0.15) is 17.5 Å². The highest BCUT2D eigenvalue weighted by atomic mass is 32.1. The standard InChI is InChI=1S/C22H20N2O3S/c25-21(19-8-4-14-24(19)22(26)20-9-5-15-28-20)23-16-10-12-18(13-11-16)27-17-6-2-1-3-7-17/h1-3,5-7,9-13,15,19H,4,8,14H2,(H,23,25)/t19-/m1/s1. The van der Waals surface area contributed by atoms with Crippen LogP contribution in [0.1, 0.15) is 22.5 Å². The first-order valence-corrected chi connectivity index (χ1v) is 10.1. The highest BCUT2D eigenvalue weighted by Gasteiger charge is 2.34. The van der Waals surface area contributed by atoms with E-state index >= 15 is 0 Å². The minimum absolute atomic E-state index is 0.0701. The molecule has 4 rings (SSSR count). The van der Waals surface area contributed by atoms with Crippen LogP contribution in [-0.2, 0) is 4.79 Å². The number of amides is 2. The normalized spacial score (nSPS) is 16.0. The van der Waals surface area contributed by atoms with E-state index in [0.29, 0.717) is 29.3 Å². The van der Waals surface area contributed by atoms with Gasteiger partial charge in [0.25, 0.3) is 5.91 Å². The van der Waals surface area contributed by atoms with E-state index in [1.165, 1.54) is 11.3 Å². The molecule has 1 aliphatic rings. The van der Waals surface area contributed by atoms with Gasteiger partial charge in [-0.25, -0.2) is 0 Å². The number of anilines is 1. The topological polar surface area (TPSA) is 58.6 Å². The first-order valence-electron chi connectivity index (χ1n) is 9.19. The molecule has 1 aliphatic heterocycles. The monoisotopic (exact) mass is 392 g/mol. The summed E-state index contributed by atoms with van der Waals surface area (Å²) in [5.41, 5.74) is 0.681. The molecule has 0 spiro atoms. The Labute approximate surface area is 167 Å². The Kier molecular flexibility index (Phi) is 5.39. The molecule has 0 unspecified atom stereocenters. The summed E-state index contributed by atoms with van der Waals surface area (Å²) in [4.78, 5) is 27.7. The molecule has 2 heterocycles. The van der Waals surface area contributed by atoms with Crippen LogP contribution in [0.15, 0.2) is 72.1 Å². The second-order valence-electron chi connectivity index (χ2n) is 6.56. The fraction of sp³-hybridized carbons (Fsp3) is 0.182. The van der Waals surface area contributed by atoms with Gasteiger partial charge in [-0.05, 0) is 60.7 Å². The Balaban J connectivity index is 1.39. The molecule has 1 aromatic heterocycles. The number of hydrogen-bond donors (Lipinski definition) is 1. The van der Waals surface area contributed by atoms with Gasteiger partial charge in [-0.1, -0.05) is 24.3 Å². The van der Waals surface area contributed by atoms with Gasteiger partial charge in [0.05, 0.1) is 4.88 Å². The number of likely N-dealkylation sites (tertiary alicyclic amines) is 1. The number of hydrogen-bond acceptors (Lipinski definition) is 4. The Bertz CT molecular complexity index is 940. The highest BCUT2D eigenvalue weighted by Crippen LogP contribution is 2.25. The van der Waals surface area contributed by atoms with Crippen LogP contribution >= 0.6 is 11.3 Å². The molecule has 6 heteroatoms. The van der Waals surface area contributed by atoms with Crippen molar-refractivity contribution in [3.63, 3.8) is 0 Å². The largest absolute Gasteiger partial charge is 0.457 e. The molecule has 142 valence electrons. The number of thiophene rings is 1. The van der Waals surface area contributed by atoms with Gasteiger partial charge in [-0.3, -0.25) is 9.59 Å². The van der Waals surface area contributed by atoms with Crippen LogP contribution in [0.4, 0.5) is 5.69 Å². The van der Waals surface area contributed by atoms with Gasteiger partial charge in [0.2, 0.25) is 5.91 Å². The summed E-state index contributed by atoms with van der Waals surface area (Å²) in [6, 6.07) is 20.0. The van der Waals surface area contributed by atoms with Crippen molar-refractivity contribution in [2.75, 3.05) is 11.9 Å². The molecule has 0 saturated carbocycles. The van der Waals surface area contributed by atoms with E-state index in [1.54, 1.807) is 23.1 Å². The van der Waals surface area contributed by atoms with Gasteiger partial charge < -0.3 is 15.0 Å². The lowest BCUT2D eigenvalue weighted by Crippen LogP contribution is -2.42. The Morgan fingerprint density at radius 3 is 2.43 bits per heavy atom. The van der Waals surface area contributed by atoms with Crippen molar-refractivity contribution in [2.24, 2.45) is 0 Å². The summed E-state index contributed by atoms with van der Waals surface area (Å²) < 4.78 is 5.76. The number of ether oxygens (including phenoxy) is 1. The highest BCUT2D eigenvalue weighted by molar-refractivity contribution is 7.12. The number of benzene rings is 2. The van der Waals surface area contributed by atoms with E-state index in [1.807, 2.05) is 53.9 Å². The molecule has 0 bridgehead atoms. The third-order valence-corrected chi connectivity index (χ3v) is 5.51. The van der Waals surface area contributed by atoms with Crippen molar-refractivity contribution >= 4 is 28.8 Å². The van der Waals surface area contributed by atoms with E-state index < -0.39 is 6.04 Å². The average Bonchev–Trinajstić information content (AvgIpc) is 3.42. The maximum absolute atomic E-state index is 12.7.